The standard InChI is InChI=1S/C18H18N2O6S/c21-15(16-4-2-6-27-16)10-13-3-1-5-19(13)17(22)11-7-12(18(23)24)9-14(8-11)20(25)26/h2,4,6-9,13,15,21H,1,3,5,10H2,(H,23,24). The van der Waals surface area contributed by atoms with Gasteiger partial charge in [-0.25, -0.2) is 4.79 Å². The lowest BCUT2D eigenvalue weighted by Crippen LogP contribution is -2.36. The molecule has 1 aromatic carbocycles. The first-order chi connectivity index (χ1) is 12.9. The van der Waals surface area contributed by atoms with E-state index in [0.29, 0.717) is 13.0 Å². The van der Waals surface area contributed by atoms with Gasteiger partial charge in [-0.3, -0.25) is 14.9 Å². The monoisotopic (exact) mass is 390 g/mol. The van der Waals surface area contributed by atoms with Gasteiger partial charge in [-0.1, -0.05) is 6.07 Å². The van der Waals surface area contributed by atoms with Crippen LogP contribution in [0.2, 0.25) is 0 Å². The number of rotatable bonds is 6. The number of carbonyl (C=O) groups is 2. The van der Waals surface area contributed by atoms with Gasteiger partial charge in [0.1, 0.15) is 0 Å². The molecule has 1 saturated heterocycles. The Bertz CT molecular complexity index is 834. The number of carboxylic acid groups (broad SMARTS) is 1. The number of amides is 1. The maximum Gasteiger partial charge on any atom is 0.335 e. The van der Waals surface area contributed by atoms with Crippen molar-refractivity contribution in [3.05, 3.63) is 61.8 Å². The molecular formula is C18H18N2O6S. The van der Waals surface area contributed by atoms with Gasteiger partial charge in [0.2, 0.25) is 0 Å². The van der Waals surface area contributed by atoms with E-state index >= 15 is 0 Å². The normalized spacial score (nSPS) is 17.7. The smallest absolute Gasteiger partial charge is 0.335 e. The number of hydrogen-bond acceptors (Lipinski definition) is 6. The van der Waals surface area contributed by atoms with Gasteiger partial charge in [0.25, 0.3) is 11.6 Å². The van der Waals surface area contributed by atoms with Gasteiger partial charge in [0.15, 0.2) is 0 Å². The lowest BCUT2D eigenvalue weighted by Gasteiger charge is -2.26. The minimum atomic E-state index is -1.33. The molecule has 0 aliphatic carbocycles. The number of nitrogens with zero attached hydrogens (tertiary/aromatic N) is 2. The van der Waals surface area contributed by atoms with Crippen LogP contribution in [-0.2, 0) is 0 Å². The highest BCUT2D eigenvalue weighted by Gasteiger charge is 2.32. The third kappa shape index (κ3) is 4.15. The Hall–Kier alpha value is -2.78. The predicted octanol–water partition coefficient (Wildman–Crippen LogP) is 3.08. The van der Waals surface area contributed by atoms with Gasteiger partial charge in [-0.15, -0.1) is 11.3 Å². The first-order valence-electron chi connectivity index (χ1n) is 8.42. The topological polar surface area (TPSA) is 121 Å². The molecule has 27 heavy (non-hydrogen) atoms. The summed E-state index contributed by atoms with van der Waals surface area (Å²) in [4.78, 5) is 36.9. The second-order valence-corrected chi connectivity index (χ2v) is 7.37. The van der Waals surface area contributed by atoms with Gasteiger partial charge < -0.3 is 15.1 Å². The van der Waals surface area contributed by atoms with Crippen molar-refractivity contribution in [2.75, 3.05) is 6.54 Å². The van der Waals surface area contributed by atoms with Crippen molar-refractivity contribution in [3.63, 3.8) is 0 Å². The predicted molar refractivity (Wildman–Crippen MR) is 98.0 cm³/mol. The fourth-order valence-electron chi connectivity index (χ4n) is 3.33. The maximum atomic E-state index is 12.9. The Balaban J connectivity index is 1.83. The van der Waals surface area contributed by atoms with Crippen molar-refractivity contribution >= 4 is 28.9 Å². The van der Waals surface area contributed by atoms with Crippen molar-refractivity contribution in [1.29, 1.82) is 0 Å². The number of carbonyl (C=O) groups excluding carboxylic acids is 1. The zero-order valence-electron chi connectivity index (χ0n) is 14.3. The molecule has 1 amide bonds. The van der Waals surface area contributed by atoms with Crippen LogP contribution in [0.15, 0.2) is 35.7 Å². The van der Waals surface area contributed by atoms with Crippen LogP contribution in [0.1, 0.15) is 51.0 Å². The number of aliphatic hydroxyl groups excluding tert-OH is 1. The van der Waals surface area contributed by atoms with Crippen LogP contribution in [0.4, 0.5) is 5.69 Å². The fourth-order valence-corrected chi connectivity index (χ4v) is 4.06. The maximum absolute atomic E-state index is 12.9. The Labute approximate surface area is 158 Å². The number of nitro groups is 1. The van der Waals surface area contributed by atoms with E-state index in [1.807, 2.05) is 17.5 Å². The zero-order valence-corrected chi connectivity index (χ0v) is 15.1. The summed E-state index contributed by atoms with van der Waals surface area (Å²) in [6, 6.07) is 6.65. The van der Waals surface area contributed by atoms with Gasteiger partial charge in [-0.05, 0) is 36.8 Å². The molecule has 2 heterocycles. The average Bonchev–Trinajstić information content (AvgIpc) is 3.32. The van der Waals surface area contributed by atoms with Gasteiger partial charge >= 0.3 is 5.97 Å². The van der Waals surface area contributed by atoms with Crippen LogP contribution < -0.4 is 0 Å². The number of likely N-dealkylation sites (tertiary alicyclic amines) is 1. The summed E-state index contributed by atoms with van der Waals surface area (Å²) in [5.41, 5.74) is -0.770. The molecule has 1 aliphatic heterocycles. The number of thiophene rings is 1. The van der Waals surface area contributed by atoms with Gasteiger partial charge in [0, 0.05) is 35.2 Å². The van der Waals surface area contributed by atoms with Crippen LogP contribution in [0.3, 0.4) is 0 Å². The molecule has 142 valence electrons. The van der Waals surface area contributed by atoms with Gasteiger partial charge in [-0.2, -0.15) is 0 Å². The molecule has 9 heteroatoms. The van der Waals surface area contributed by atoms with E-state index in [1.54, 1.807) is 4.90 Å². The molecule has 0 bridgehead atoms. The number of carboxylic acids is 1. The molecule has 8 nitrogen and oxygen atoms in total. The number of aliphatic hydroxyl groups is 1. The minimum absolute atomic E-state index is 0.0286. The average molecular weight is 390 g/mol. The summed E-state index contributed by atoms with van der Waals surface area (Å²) in [7, 11) is 0. The van der Waals surface area contributed by atoms with Crippen LogP contribution in [-0.4, -0.2) is 44.5 Å². The molecule has 3 rings (SSSR count). The molecule has 0 radical (unpaired) electrons. The highest BCUT2D eigenvalue weighted by Crippen LogP contribution is 2.31. The van der Waals surface area contributed by atoms with Crippen molar-refractivity contribution < 1.29 is 24.7 Å². The Kier molecular flexibility index (Phi) is 5.52. The molecule has 0 saturated carbocycles. The summed E-state index contributed by atoms with van der Waals surface area (Å²) < 4.78 is 0. The van der Waals surface area contributed by atoms with E-state index in [9.17, 15) is 24.8 Å². The van der Waals surface area contributed by atoms with E-state index in [1.165, 1.54) is 11.3 Å². The molecule has 2 unspecified atom stereocenters. The van der Waals surface area contributed by atoms with Crippen molar-refractivity contribution in [1.82, 2.24) is 4.90 Å². The second-order valence-electron chi connectivity index (χ2n) is 6.39. The quantitative estimate of drug-likeness (QED) is 0.577. The number of benzene rings is 1. The molecule has 1 aromatic heterocycles. The van der Waals surface area contributed by atoms with Crippen LogP contribution in [0, 0.1) is 10.1 Å². The highest BCUT2D eigenvalue weighted by molar-refractivity contribution is 7.10. The molecule has 2 N–H and O–H groups in total. The van der Waals surface area contributed by atoms with Crippen molar-refractivity contribution in [2.24, 2.45) is 0 Å². The molecule has 2 atom stereocenters. The largest absolute Gasteiger partial charge is 0.478 e. The lowest BCUT2D eigenvalue weighted by molar-refractivity contribution is -0.384. The van der Waals surface area contributed by atoms with E-state index < -0.39 is 28.6 Å². The third-order valence-corrected chi connectivity index (χ3v) is 5.60. The SMILES string of the molecule is O=C(O)c1cc(C(=O)N2CCCC2CC(O)c2cccs2)cc([N+](=O)[O-])c1. The van der Waals surface area contributed by atoms with E-state index in [2.05, 4.69) is 0 Å². The van der Waals surface area contributed by atoms with E-state index in [-0.39, 0.29) is 17.2 Å². The number of non-ortho nitro benzene ring substituents is 1. The van der Waals surface area contributed by atoms with E-state index in [4.69, 9.17) is 5.11 Å². The van der Waals surface area contributed by atoms with Crippen LogP contribution in [0.5, 0.6) is 0 Å². The third-order valence-electron chi connectivity index (χ3n) is 4.63. The van der Waals surface area contributed by atoms with Crippen molar-refractivity contribution in [3.8, 4) is 0 Å². The molecule has 2 aromatic rings. The summed E-state index contributed by atoms with van der Waals surface area (Å²) in [6.07, 6.45) is 1.15. The Morgan fingerprint density at radius 1 is 1.33 bits per heavy atom. The number of nitro benzene ring substituents is 1. The number of aromatic carboxylic acids is 1. The summed E-state index contributed by atoms with van der Waals surface area (Å²) >= 11 is 1.44. The number of hydrogen-bond donors (Lipinski definition) is 2. The van der Waals surface area contributed by atoms with Crippen molar-refractivity contribution in [2.45, 2.75) is 31.4 Å². The molecular weight excluding hydrogens is 372 g/mol. The highest BCUT2D eigenvalue weighted by atomic mass is 32.1. The summed E-state index contributed by atoms with van der Waals surface area (Å²) in [5, 5.41) is 32.5. The summed E-state index contributed by atoms with van der Waals surface area (Å²) in [6.45, 7) is 0.464. The first kappa shape index (κ1) is 19.0. The Morgan fingerprint density at radius 2 is 2.07 bits per heavy atom. The second kappa shape index (κ2) is 7.85. The minimum Gasteiger partial charge on any atom is -0.478 e. The molecule has 0 spiro atoms. The fraction of sp³-hybridized carbons (Fsp3) is 0.333. The van der Waals surface area contributed by atoms with E-state index in [0.717, 1.165) is 35.9 Å². The molecule has 1 fully saturated rings. The summed E-state index contributed by atoms with van der Waals surface area (Å²) in [5.74, 6) is -1.79. The zero-order chi connectivity index (χ0) is 19.6. The van der Waals surface area contributed by atoms with Crippen LogP contribution >= 0.6 is 11.3 Å². The first-order valence-corrected chi connectivity index (χ1v) is 9.30. The molecule has 1 aliphatic rings. The lowest BCUT2D eigenvalue weighted by atomic mass is 10.0. The Morgan fingerprint density at radius 3 is 2.70 bits per heavy atom. The van der Waals surface area contributed by atoms with Gasteiger partial charge in [0.05, 0.1) is 16.6 Å². The van der Waals surface area contributed by atoms with Crippen LogP contribution in [0.25, 0.3) is 0 Å².